The summed E-state index contributed by atoms with van der Waals surface area (Å²) in [5.74, 6) is -2.61. The Balaban J connectivity index is 2.17. The molecule has 0 saturated carbocycles. The van der Waals surface area contributed by atoms with Gasteiger partial charge in [0.25, 0.3) is 5.97 Å². The highest BCUT2D eigenvalue weighted by Crippen LogP contribution is 2.14. The van der Waals surface area contributed by atoms with Gasteiger partial charge < -0.3 is 15.3 Å². The molecule has 1 aromatic carbocycles. The van der Waals surface area contributed by atoms with E-state index in [1.165, 1.54) is 5.56 Å². The van der Waals surface area contributed by atoms with Gasteiger partial charge in [0.15, 0.2) is 0 Å². The fraction of sp³-hybridized carbons (Fsp3) is 0.333. The lowest BCUT2D eigenvalue weighted by Crippen LogP contribution is -2.37. The maximum Gasteiger partial charge on any atom is 0.288 e. The SMILES string of the molecule is OC(O)(O)CNPCc1ccccc1. The van der Waals surface area contributed by atoms with Gasteiger partial charge in [0, 0.05) is 6.16 Å². The second-order valence-electron chi connectivity index (χ2n) is 2.97. The highest BCUT2D eigenvalue weighted by molar-refractivity contribution is 7.34. The summed E-state index contributed by atoms with van der Waals surface area (Å²) in [6, 6.07) is 9.85. The van der Waals surface area contributed by atoms with Crippen molar-refractivity contribution < 1.29 is 15.3 Å². The lowest BCUT2D eigenvalue weighted by molar-refractivity contribution is -0.304. The average molecular weight is 215 g/mol. The molecule has 0 spiro atoms. The van der Waals surface area contributed by atoms with Crippen LogP contribution >= 0.6 is 8.73 Å². The molecular formula is C9H14NO3P. The summed E-state index contributed by atoms with van der Waals surface area (Å²) >= 11 is 0. The van der Waals surface area contributed by atoms with Crippen LogP contribution in [0.2, 0.25) is 0 Å². The zero-order valence-corrected chi connectivity index (χ0v) is 8.64. The molecule has 4 N–H and O–H groups in total. The monoisotopic (exact) mass is 215 g/mol. The van der Waals surface area contributed by atoms with Gasteiger partial charge in [-0.2, -0.15) is 0 Å². The van der Waals surface area contributed by atoms with Crippen LogP contribution in [-0.2, 0) is 6.16 Å². The van der Waals surface area contributed by atoms with E-state index in [4.69, 9.17) is 15.3 Å². The molecule has 5 heteroatoms. The van der Waals surface area contributed by atoms with E-state index in [2.05, 4.69) is 5.09 Å². The van der Waals surface area contributed by atoms with Gasteiger partial charge >= 0.3 is 0 Å². The van der Waals surface area contributed by atoms with Crippen LogP contribution in [0.25, 0.3) is 0 Å². The van der Waals surface area contributed by atoms with E-state index in [1.807, 2.05) is 30.3 Å². The van der Waals surface area contributed by atoms with Crippen LogP contribution in [0.3, 0.4) is 0 Å². The maximum atomic E-state index is 8.57. The van der Waals surface area contributed by atoms with Crippen LogP contribution < -0.4 is 5.09 Å². The highest BCUT2D eigenvalue weighted by Gasteiger charge is 2.16. The van der Waals surface area contributed by atoms with E-state index < -0.39 is 5.97 Å². The topological polar surface area (TPSA) is 72.7 Å². The molecule has 0 aliphatic carbocycles. The smallest absolute Gasteiger partial charge is 0.288 e. The third-order valence-electron chi connectivity index (χ3n) is 1.59. The summed E-state index contributed by atoms with van der Waals surface area (Å²) in [5, 5.41) is 28.5. The Kier molecular flexibility index (Phi) is 4.45. The Bertz CT molecular complexity index is 261. The van der Waals surface area contributed by atoms with Crippen molar-refractivity contribution >= 4 is 8.73 Å². The minimum absolute atomic E-state index is 0.238. The van der Waals surface area contributed by atoms with E-state index in [-0.39, 0.29) is 6.54 Å². The number of hydrogen-bond donors (Lipinski definition) is 4. The Morgan fingerprint density at radius 2 is 1.79 bits per heavy atom. The van der Waals surface area contributed by atoms with Gasteiger partial charge in [-0.25, -0.2) is 0 Å². The fourth-order valence-electron chi connectivity index (χ4n) is 0.942. The van der Waals surface area contributed by atoms with Crippen molar-refractivity contribution in [1.82, 2.24) is 5.09 Å². The summed E-state index contributed by atoms with van der Waals surface area (Å²) < 4.78 is 0. The molecule has 1 aromatic rings. The van der Waals surface area contributed by atoms with E-state index in [1.54, 1.807) is 0 Å². The number of nitrogens with one attached hydrogen (secondary N) is 1. The van der Waals surface area contributed by atoms with Crippen molar-refractivity contribution in [2.75, 3.05) is 6.54 Å². The van der Waals surface area contributed by atoms with Crippen LogP contribution in [0.15, 0.2) is 30.3 Å². The first-order valence-electron chi connectivity index (χ1n) is 4.25. The Morgan fingerprint density at radius 1 is 1.14 bits per heavy atom. The summed E-state index contributed by atoms with van der Waals surface area (Å²) in [6.07, 6.45) is 0.816. The molecule has 14 heavy (non-hydrogen) atoms. The van der Waals surface area contributed by atoms with Crippen LogP contribution in [0.1, 0.15) is 5.56 Å². The first kappa shape index (κ1) is 11.6. The van der Waals surface area contributed by atoms with Gasteiger partial charge in [0.05, 0.1) is 6.54 Å². The average Bonchev–Trinajstić information content (AvgIpc) is 2.13. The largest absolute Gasteiger partial charge is 0.343 e. The van der Waals surface area contributed by atoms with Crippen LogP contribution in [-0.4, -0.2) is 27.8 Å². The van der Waals surface area contributed by atoms with Crippen molar-refractivity contribution in [3.8, 4) is 0 Å². The maximum absolute atomic E-state index is 8.57. The normalized spacial score (nSPS) is 12.5. The first-order valence-corrected chi connectivity index (χ1v) is 5.45. The van der Waals surface area contributed by atoms with Gasteiger partial charge in [0.2, 0.25) is 0 Å². The highest BCUT2D eigenvalue weighted by atomic mass is 31.1. The van der Waals surface area contributed by atoms with Crippen LogP contribution in [0.4, 0.5) is 0 Å². The molecule has 0 bridgehead atoms. The van der Waals surface area contributed by atoms with Gasteiger partial charge in [-0.15, -0.1) is 0 Å². The number of hydrogen-bond acceptors (Lipinski definition) is 4. The fourth-order valence-corrected chi connectivity index (χ4v) is 1.87. The Morgan fingerprint density at radius 3 is 2.36 bits per heavy atom. The number of aliphatic hydroxyl groups is 3. The van der Waals surface area contributed by atoms with Gasteiger partial charge in [0.1, 0.15) is 0 Å². The lowest BCUT2D eigenvalue weighted by atomic mass is 10.2. The summed E-state index contributed by atoms with van der Waals surface area (Å²) in [6.45, 7) is -0.238. The molecule has 0 amide bonds. The molecule has 0 aliphatic rings. The summed E-state index contributed by atoms with van der Waals surface area (Å²) in [5.41, 5.74) is 1.18. The van der Waals surface area contributed by atoms with Crippen molar-refractivity contribution in [1.29, 1.82) is 0 Å². The van der Waals surface area contributed by atoms with E-state index in [0.717, 1.165) is 6.16 Å². The van der Waals surface area contributed by atoms with Crippen molar-refractivity contribution in [3.05, 3.63) is 35.9 Å². The quantitative estimate of drug-likeness (QED) is 0.317. The van der Waals surface area contributed by atoms with Gasteiger partial charge in [-0.1, -0.05) is 30.3 Å². The van der Waals surface area contributed by atoms with E-state index in [9.17, 15) is 0 Å². The summed E-state index contributed by atoms with van der Waals surface area (Å²) in [7, 11) is 0.353. The standard InChI is InChI=1S/C9H14NO3P/c11-9(12,13)7-10-14-6-8-4-2-1-3-5-8/h1-5,10-14H,6-7H2. The molecule has 1 rings (SSSR count). The summed E-state index contributed by atoms with van der Waals surface area (Å²) in [4.78, 5) is 0. The van der Waals surface area contributed by atoms with Crippen LogP contribution in [0.5, 0.6) is 0 Å². The molecule has 1 unspecified atom stereocenters. The predicted molar refractivity (Wildman–Crippen MR) is 55.9 cm³/mol. The Labute approximate surface area is 84.4 Å². The molecule has 0 aromatic heterocycles. The molecule has 1 atom stereocenters. The zero-order chi connectivity index (χ0) is 10.4. The molecule has 0 radical (unpaired) electrons. The molecule has 4 nitrogen and oxygen atoms in total. The number of benzene rings is 1. The number of rotatable bonds is 5. The molecule has 0 heterocycles. The molecule has 0 aliphatic heterocycles. The minimum Gasteiger partial charge on any atom is -0.343 e. The third kappa shape index (κ3) is 5.27. The van der Waals surface area contributed by atoms with Gasteiger partial charge in [-0.3, -0.25) is 5.09 Å². The minimum atomic E-state index is -2.61. The van der Waals surface area contributed by atoms with E-state index in [0.29, 0.717) is 8.73 Å². The molecular weight excluding hydrogens is 201 g/mol. The van der Waals surface area contributed by atoms with Crippen molar-refractivity contribution in [3.63, 3.8) is 0 Å². The second kappa shape index (κ2) is 5.39. The predicted octanol–water partition coefficient (Wildman–Crippen LogP) is 0.000400. The zero-order valence-electron chi connectivity index (χ0n) is 7.64. The van der Waals surface area contributed by atoms with Crippen molar-refractivity contribution in [2.24, 2.45) is 0 Å². The van der Waals surface area contributed by atoms with Gasteiger partial charge in [-0.05, 0) is 14.3 Å². The second-order valence-corrected chi connectivity index (χ2v) is 4.03. The van der Waals surface area contributed by atoms with E-state index >= 15 is 0 Å². The molecule has 78 valence electrons. The first-order chi connectivity index (χ1) is 6.58. The molecule has 0 fully saturated rings. The Hall–Kier alpha value is -0.510. The third-order valence-corrected chi connectivity index (χ3v) is 2.60. The van der Waals surface area contributed by atoms with Crippen molar-refractivity contribution in [2.45, 2.75) is 12.1 Å². The molecule has 0 saturated heterocycles. The lowest BCUT2D eigenvalue weighted by Gasteiger charge is -2.14. The van der Waals surface area contributed by atoms with Crippen LogP contribution in [0, 0.1) is 0 Å².